The number of nitro benzene ring substituents is 1. The second-order valence-corrected chi connectivity index (χ2v) is 5.52. The van der Waals surface area contributed by atoms with Gasteiger partial charge in [0, 0.05) is 23.4 Å². The maximum atomic E-state index is 12.3. The zero-order valence-electron chi connectivity index (χ0n) is 13.5. The molecule has 8 nitrogen and oxygen atoms in total. The number of fused-ring (bicyclic) bond motifs is 1. The molecule has 130 valence electrons. The van der Waals surface area contributed by atoms with E-state index in [1.54, 1.807) is 18.2 Å². The Bertz CT molecular complexity index is 1120. The van der Waals surface area contributed by atoms with Gasteiger partial charge in [-0.2, -0.15) is 0 Å². The molecule has 0 spiro atoms. The van der Waals surface area contributed by atoms with Crippen molar-refractivity contribution < 1.29 is 18.9 Å². The molecule has 1 amide bonds. The number of hydrogen-bond acceptors (Lipinski definition) is 6. The third-order valence-electron chi connectivity index (χ3n) is 3.71. The first-order chi connectivity index (χ1) is 12.3. The fraction of sp³-hybridized carbons (Fsp3) is 0.0556. The maximum Gasteiger partial charge on any atom is 0.344 e. The van der Waals surface area contributed by atoms with Crippen LogP contribution in [0.5, 0.6) is 0 Å². The van der Waals surface area contributed by atoms with Crippen LogP contribution in [0.4, 0.5) is 11.4 Å². The largest absolute Gasteiger partial charge is 0.417 e. The number of Topliss-reactive ketones (excluding diaryl/α,β-unsaturated/α-hetero) is 1. The number of carbonyl (C=O) groups is 2. The standard InChI is InChI=1S/C18H12N2O6/c1-10(21)11-3-2-4-13(7-11)19-17(22)16-8-12-5-6-14(20(24)25)9-15(12)18(23)26-16/h2-9H,1H3,(H,19,22). The zero-order chi connectivity index (χ0) is 18.8. The lowest BCUT2D eigenvalue weighted by atomic mass is 10.1. The van der Waals surface area contributed by atoms with E-state index >= 15 is 0 Å². The van der Waals surface area contributed by atoms with Crippen LogP contribution >= 0.6 is 0 Å². The van der Waals surface area contributed by atoms with E-state index in [-0.39, 0.29) is 22.6 Å². The molecule has 0 fully saturated rings. The number of nitrogens with one attached hydrogen (secondary N) is 1. The van der Waals surface area contributed by atoms with Crippen molar-refractivity contribution in [2.75, 3.05) is 5.32 Å². The summed E-state index contributed by atoms with van der Waals surface area (Å²) in [6.07, 6.45) is 0. The highest BCUT2D eigenvalue weighted by Crippen LogP contribution is 2.20. The summed E-state index contributed by atoms with van der Waals surface area (Å²) in [6.45, 7) is 1.41. The highest BCUT2D eigenvalue weighted by Gasteiger charge is 2.15. The highest BCUT2D eigenvalue weighted by atomic mass is 16.6. The van der Waals surface area contributed by atoms with Gasteiger partial charge in [0.15, 0.2) is 11.5 Å². The molecular weight excluding hydrogens is 340 g/mol. The molecule has 0 unspecified atom stereocenters. The van der Waals surface area contributed by atoms with E-state index in [0.29, 0.717) is 16.6 Å². The van der Waals surface area contributed by atoms with Gasteiger partial charge in [-0.25, -0.2) is 4.79 Å². The normalized spacial score (nSPS) is 10.5. The Morgan fingerprint density at radius 1 is 1.12 bits per heavy atom. The summed E-state index contributed by atoms with van der Waals surface area (Å²) in [7, 11) is 0. The third kappa shape index (κ3) is 3.34. The fourth-order valence-electron chi connectivity index (χ4n) is 2.41. The molecule has 0 saturated carbocycles. The van der Waals surface area contributed by atoms with E-state index < -0.39 is 16.5 Å². The molecule has 1 N–H and O–H groups in total. The van der Waals surface area contributed by atoms with Gasteiger partial charge < -0.3 is 9.73 Å². The van der Waals surface area contributed by atoms with Crippen molar-refractivity contribution in [2.45, 2.75) is 6.92 Å². The molecule has 3 rings (SSSR count). The minimum absolute atomic E-state index is 0.00864. The molecule has 8 heteroatoms. The van der Waals surface area contributed by atoms with Gasteiger partial charge in [0.1, 0.15) is 0 Å². The van der Waals surface area contributed by atoms with Crippen LogP contribution in [0.15, 0.2) is 57.7 Å². The van der Waals surface area contributed by atoms with Crippen LogP contribution in [0.3, 0.4) is 0 Å². The van der Waals surface area contributed by atoms with Crippen LogP contribution in [0.1, 0.15) is 27.8 Å². The van der Waals surface area contributed by atoms with Gasteiger partial charge >= 0.3 is 5.63 Å². The number of anilines is 1. The number of amides is 1. The van der Waals surface area contributed by atoms with Gasteiger partial charge in [-0.3, -0.25) is 19.7 Å². The number of benzene rings is 2. The van der Waals surface area contributed by atoms with Gasteiger partial charge in [0.25, 0.3) is 11.6 Å². The summed E-state index contributed by atoms with van der Waals surface area (Å²) in [4.78, 5) is 46.0. The van der Waals surface area contributed by atoms with Crippen molar-refractivity contribution in [3.8, 4) is 0 Å². The van der Waals surface area contributed by atoms with Crippen LogP contribution in [0.2, 0.25) is 0 Å². The molecule has 0 radical (unpaired) electrons. The summed E-state index contributed by atoms with van der Waals surface area (Å²) in [5.41, 5.74) is -0.305. The quantitative estimate of drug-likeness (QED) is 0.437. The summed E-state index contributed by atoms with van der Waals surface area (Å²) in [6, 6.07) is 11.3. The molecule has 0 aliphatic heterocycles. The van der Waals surface area contributed by atoms with Gasteiger partial charge in [-0.15, -0.1) is 0 Å². The molecular formula is C18H12N2O6. The predicted octanol–water partition coefficient (Wildman–Crippen LogP) is 3.16. The first kappa shape index (κ1) is 17.0. The van der Waals surface area contributed by atoms with Crippen LogP contribution in [0, 0.1) is 10.1 Å². The number of non-ortho nitro benzene ring substituents is 1. The van der Waals surface area contributed by atoms with E-state index in [2.05, 4.69) is 5.32 Å². The Kier molecular flexibility index (Phi) is 4.32. The van der Waals surface area contributed by atoms with Crippen molar-refractivity contribution in [3.05, 3.63) is 80.4 Å². The van der Waals surface area contributed by atoms with Gasteiger partial charge in [0.2, 0.25) is 0 Å². The summed E-state index contributed by atoms with van der Waals surface area (Å²) >= 11 is 0. The number of ketones is 1. The van der Waals surface area contributed by atoms with E-state index in [0.717, 1.165) is 6.07 Å². The van der Waals surface area contributed by atoms with Crippen LogP contribution in [-0.4, -0.2) is 16.6 Å². The Hall–Kier alpha value is -3.81. The molecule has 26 heavy (non-hydrogen) atoms. The second-order valence-electron chi connectivity index (χ2n) is 5.52. The maximum absolute atomic E-state index is 12.3. The van der Waals surface area contributed by atoms with E-state index in [1.165, 1.54) is 31.2 Å². The Balaban J connectivity index is 1.95. The van der Waals surface area contributed by atoms with Crippen molar-refractivity contribution in [1.29, 1.82) is 0 Å². The third-order valence-corrected chi connectivity index (χ3v) is 3.71. The van der Waals surface area contributed by atoms with E-state index in [4.69, 9.17) is 4.42 Å². The predicted molar refractivity (Wildman–Crippen MR) is 93.5 cm³/mol. The smallest absolute Gasteiger partial charge is 0.344 e. The van der Waals surface area contributed by atoms with Crippen LogP contribution < -0.4 is 10.9 Å². The average molecular weight is 352 g/mol. The zero-order valence-corrected chi connectivity index (χ0v) is 13.5. The molecule has 0 atom stereocenters. The number of nitro groups is 1. The molecule has 2 aromatic carbocycles. The number of nitrogens with zero attached hydrogens (tertiary/aromatic N) is 1. The SMILES string of the molecule is CC(=O)c1cccc(NC(=O)c2cc3ccc([N+](=O)[O-])cc3c(=O)o2)c1. The molecule has 0 bridgehead atoms. The summed E-state index contributed by atoms with van der Waals surface area (Å²) in [5.74, 6) is -1.08. The van der Waals surface area contributed by atoms with Crippen molar-refractivity contribution in [2.24, 2.45) is 0 Å². The number of carbonyl (C=O) groups excluding carboxylic acids is 2. The van der Waals surface area contributed by atoms with Gasteiger partial charge in [-0.05, 0) is 36.6 Å². The molecule has 1 aromatic heterocycles. The van der Waals surface area contributed by atoms with E-state index in [1.807, 2.05) is 0 Å². The van der Waals surface area contributed by atoms with Gasteiger partial charge in [0.05, 0.1) is 10.3 Å². The Morgan fingerprint density at radius 2 is 1.88 bits per heavy atom. The fourth-order valence-corrected chi connectivity index (χ4v) is 2.41. The lowest BCUT2D eigenvalue weighted by molar-refractivity contribution is -0.384. The topological polar surface area (TPSA) is 120 Å². The lowest BCUT2D eigenvalue weighted by Crippen LogP contribution is -2.15. The lowest BCUT2D eigenvalue weighted by Gasteiger charge is -2.06. The van der Waals surface area contributed by atoms with Crippen molar-refractivity contribution in [3.63, 3.8) is 0 Å². The molecule has 0 aliphatic rings. The first-order valence-electron chi connectivity index (χ1n) is 7.50. The summed E-state index contributed by atoms with van der Waals surface area (Å²) < 4.78 is 4.98. The molecule has 3 aromatic rings. The second kappa shape index (κ2) is 6.60. The average Bonchev–Trinajstić information content (AvgIpc) is 2.61. The first-order valence-corrected chi connectivity index (χ1v) is 7.50. The molecule has 1 heterocycles. The Labute approximate surface area is 146 Å². The number of hydrogen-bond donors (Lipinski definition) is 1. The summed E-state index contributed by atoms with van der Waals surface area (Å²) in [5, 5.41) is 13.7. The van der Waals surface area contributed by atoms with Gasteiger partial charge in [-0.1, -0.05) is 12.1 Å². The van der Waals surface area contributed by atoms with E-state index in [9.17, 15) is 24.5 Å². The van der Waals surface area contributed by atoms with Crippen molar-refractivity contribution in [1.82, 2.24) is 0 Å². The van der Waals surface area contributed by atoms with Crippen LogP contribution in [-0.2, 0) is 0 Å². The highest BCUT2D eigenvalue weighted by molar-refractivity contribution is 6.04. The minimum atomic E-state index is -0.853. The molecule has 0 aliphatic carbocycles. The molecule has 0 saturated heterocycles. The monoisotopic (exact) mass is 352 g/mol. The van der Waals surface area contributed by atoms with Crippen molar-refractivity contribution >= 4 is 33.8 Å². The minimum Gasteiger partial charge on any atom is -0.417 e. The Morgan fingerprint density at radius 3 is 2.58 bits per heavy atom. The van der Waals surface area contributed by atoms with Crippen LogP contribution in [0.25, 0.3) is 10.8 Å². The number of rotatable bonds is 4.